The first-order valence-corrected chi connectivity index (χ1v) is 12.3. The highest BCUT2D eigenvalue weighted by atomic mass is 16.2. The average molecular weight is 447 g/mol. The molecule has 1 saturated carbocycles. The lowest BCUT2D eigenvalue weighted by Gasteiger charge is -2.30. The van der Waals surface area contributed by atoms with Crippen molar-refractivity contribution >= 4 is 16.8 Å². The smallest absolute Gasteiger partial charge is 0.234 e. The number of likely N-dealkylation sites (N-methyl/N-ethyl adjacent to an activating group) is 1. The molecule has 4 rings (SSSR count). The average Bonchev–Trinajstić information content (AvgIpc) is 3.12. The standard InChI is InChI=1S/C28H38N4O/c1-17(2)27-24-15-21(20-7-10-23(11-8-20)30-26(33)16-32(5)6)9-12-25(24)31-28(27)22-13-18(3)29-19(4)14-22/h9,12-15,17,20,23,31H,7-8,10-11,16H2,1-6H3,(H,30,33). The fourth-order valence-corrected chi connectivity index (χ4v) is 5.42. The molecule has 0 aliphatic heterocycles. The number of carbonyl (C=O) groups excluding carboxylic acids is 1. The van der Waals surface area contributed by atoms with Crippen molar-refractivity contribution < 1.29 is 4.79 Å². The van der Waals surface area contributed by atoms with Crippen LogP contribution in [0.25, 0.3) is 22.2 Å². The molecule has 0 bridgehead atoms. The normalized spacial score (nSPS) is 18.9. The van der Waals surface area contributed by atoms with Crippen molar-refractivity contribution in [3.05, 3.63) is 52.8 Å². The third-order valence-electron chi connectivity index (χ3n) is 6.83. The van der Waals surface area contributed by atoms with E-state index in [4.69, 9.17) is 0 Å². The molecular formula is C28H38N4O. The lowest BCUT2D eigenvalue weighted by molar-refractivity contribution is -0.122. The monoisotopic (exact) mass is 446 g/mol. The van der Waals surface area contributed by atoms with E-state index in [2.05, 4.69) is 73.3 Å². The third-order valence-corrected chi connectivity index (χ3v) is 6.83. The van der Waals surface area contributed by atoms with Crippen molar-refractivity contribution in [2.45, 2.75) is 71.3 Å². The predicted molar refractivity (Wildman–Crippen MR) is 137 cm³/mol. The number of aromatic amines is 1. The number of carbonyl (C=O) groups is 1. The molecule has 176 valence electrons. The minimum absolute atomic E-state index is 0.132. The van der Waals surface area contributed by atoms with Crippen molar-refractivity contribution in [2.75, 3.05) is 20.6 Å². The van der Waals surface area contributed by atoms with E-state index in [0.717, 1.165) is 37.1 Å². The number of nitrogens with zero attached hydrogens (tertiary/aromatic N) is 2. The Bertz CT molecular complexity index is 1120. The topological polar surface area (TPSA) is 61.0 Å². The molecule has 0 unspecified atom stereocenters. The summed E-state index contributed by atoms with van der Waals surface area (Å²) in [4.78, 5) is 22.3. The number of hydrogen-bond acceptors (Lipinski definition) is 3. The number of rotatable bonds is 6. The molecule has 0 saturated heterocycles. The van der Waals surface area contributed by atoms with Crippen LogP contribution in [0, 0.1) is 13.8 Å². The van der Waals surface area contributed by atoms with Gasteiger partial charge in [0.15, 0.2) is 0 Å². The van der Waals surface area contributed by atoms with Gasteiger partial charge in [-0.2, -0.15) is 0 Å². The maximum absolute atomic E-state index is 12.1. The number of amides is 1. The van der Waals surface area contributed by atoms with E-state index in [1.54, 1.807) is 0 Å². The Hall–Kier alpha value is -2.66. The van der Waals surface area contributed by atoms with Crippen LogP contribution in [-0.2, 0) is 4.79 Å². The first-order valence-electron chi connectivity index (χ1n) is 12.3. The molecule has 0 radical (unpaired) electrons. The van der Waals surface area contributed by atoms with Gasteiger partial charge in [0, 0.05) is 33.9 Å². The zero-order valence-electron chi connectivity index (χ0n) is 21.0. The van der Waals surface area contributed by atoms with Gasteiger partial charge in [-0.15, -0.1) is 0 Å². The molecule has 2 aromatic heterocycles. The van der Waals surface area contributed by atoms with Gasteiger partial charge in [0.1, 0.15) is 0 Å². The van der Waals surface area contributed by atoms with E-state index in [1.165, 1.54) is 33.3 Å². The van der Waals surface area contributed by atoms with Crippen LogP contribution in [0.2, 0.25) is 0 Å². The largest absolute Gasteiger partial charge is 0.354 e. The number of fused-ring (bicyclic) bond motifs is 1. The van der Waals surface area contributed by atoms with Gasteiger partial charge in [0.2, 0.25) is 5.91 Å². The Kier molecular flexibility index (Phi) is 6.89. The van der Waals surface area contributed by atoms with Crippen LogP contribution < -0.4 is 5.32 Å². The molecule has 1 aromatic carbocycles. The summed E-state index contributed by atoms with van der Waals surface area (Å²) in [6.07, 6.45) is 4.34. The van der Waals surface area contributed by atoms with Crippen LogP contribution in [0.15, 0.2) is 30.3 Å². The van der Waals surface area contributed by atoms with Crippen molar-refractivity contribution in [1.82, 2.24) is 20.2 Å². The molecule has 3 aromatic rings. The maximum atomic E-state index is 12.1. The number of hydrogen-bond donors (Lipinski definition) is 2. The van der Waals surface area contributed by atoms with Crippen LogP contribution in [0.1, 0.15) is 73.9 Å². The van der Waals surface area contributed by atoms with Gasteiger partial charge in [-0.1, -0.05) is 19.9 Å². The molecule has 1 amide bonds. The van der Waals surface area contributed by atoms with Crippen LogP contribution in [0.3, 0.4) is 0 Å². The Morgan fingerprint density at radius 1 is 1.09 bits per heavy atom. The van der Waals surface area contributed by atoms with E-state index in [0.29, 0.717) is 24.4 Å². The van der Waals surface area contributed by atoms with Gasteiger partial charge < -0.3 is 15.2 Å². The van der Waals surface area contributed by atoms with Crippen LogP contribution in [-0.4, -0.2) is 47.5 Å². The molecule has 1 aliphatic rings. The third kappa shape index (κ3) is 5.30. The molecule has 33 heavy (non-hydrogen) atoms. The first-order chi connectivity index (χ1) is 15.7. The van der Waals surface area contributed by atoms with Gasteiger partial charge in [-0.05, 0) is 101 Å². The zero-order valence-corrected chi connectivity index (χ0v) is 21.0. The van der Waals surface area contributed by atoms with E-state index in [-0.39, 0.29) is 5.91 Å². The number of nitrogens with one attached hydrogen (secondary N) is 2. The van der Waals surface area contributed by atoms with E-state index in [1.807, 2.05) is 19.0 Å². The second kappa shape index (κ2) is 9.68. The Labute approximate surface area is 198 Å². The molecule has 0 spiro atoms. The second-order valence-electron chi connectivity index (χ2n) is 10.4. The van der Waals surface area contributed by atoms with E-state index >= 15 is 0 Å². The molecular weight excluding hydrogens is 408 g/mol. The highest BCUT2D eigenvalue weighted by Gasteiger charge is 2.25. The van der Waals surface area contributed by atoms with Crippen molar-refractivity contribution in [2.24, 2.45) is 0 Å². The molecule has 2 N–H and O–H groups in total. The summed E-state index contributed by atoms with van der Waals surface area (Å²) in [5, 5.41) is 4.55. The second-order valence-corrected chi connectivity index (χ2v) is 10.4. The summed E-state index contributed by atoms with van der Waals surface area (Å²) in [6.45, 7) is 9.14. The Morgan fingerprint density at radius 2 is 1.76 bits per heavy atom. The van der Waals surface area contributed by atoms with Gasteiger partial charge in [0.05, 0.1) is 12.2 Å². The molecule has 0 atom stereocenters. The fourth-order valence-electron chi connectivity index (χ4n) is 5.42. The van der Waals surface area contributed by atoms with Crippen molar-refractivity contribution in [3.8, 4) is 11.3 Å². The van der Waals surface area contributed by atoms with Gasteiger partial charge in [-0.25, -0.2) is 0 Å². The molecule has 1 fully saturated rings. The summed E-state index contributed by atoms with van der Waals surface area (Å²) in [5.41, 5.74) is 8.56. The summed E-state index contributed by atoms with van der Waals surface area (Å²) < 4.78 is 0. The minimum Gasteiger partial charge on any atom is -0.354 e. The molecule has 5 heteroatoms. The highest BCUT2D eigenvalue weighted by molar-refractivity contribution is 5.92. The maximum Gasteiger partial charge on any atom is 0.234 e. The summed E-state index contributed by atoms with van der Waals surface area (Å²) in [6, 6.07) is 11.6. The summed E-state index contributed by atoms with van der Waals surface area (Å²) in [5.74, 6) is 1.11. The highest BCUT2D eigenvalue weighted by Crippen LogP contribution is 2.39. The SMILES string of the molecule is Cc1cc(-c2[nH]c3ccc(C4CCC(NC(=O)CN(C)C)CC4)cc3c2C(C)C)cc(C)n1. The zero-order chi connectivity index (χ0) is 23.7. The molecule has 2 heterocycles. The lowest BCUT2D eigenvalue weighted by atomic mass is 9.81. The van der Waals surface area contributed by atoms with Crippen molar-refractivity contribution in [3.63, 3.8) is 0 Å². The van der Waals surface area contributed by atoms with Gasteiger partial charge in [-0.3, -0.25) is 9.78 Å². The minimum atomic E-state index is 0.132. The van der Waals surface area contributed by atoms with E-state index < -0.39 is 0 Å². The quantitative estimate of drug-likeness (QED) is 0.512. The number of pyridine rings is 1. The first kappa shape index (κ1) is 23.5. The predicted octanol–water partition coefficient (Wildman–Crippen LogP) is 5.67. The Balaban J connectivity index is 1.57. The summed E-state index contributed by atoms with van der Waals surface area (Å²) in [7, 11) is 3.86. The van der Waals surface area contributed by atoms with Crippen molar-refractivity contribution in [1.29, 1.82) is 0 Å². The lowest BCUT2D eigenvalue weighted by Crippen LogP contribution is -2.41. The molecule has 1 aliphatic carbocycles. The summed E-state index contributed by atoms with van der Waals surface area (Å²) >= 11 is 0. The van der Waals surface area contributed by atoms with Crippen LogP contribution >= 0.6 is 0 Å². The number of H-pyrrole nitrogens is 1. The number of benzene rings is 1. The fraction of sp³-hybridized carbons (Fsp3) is 0.500. The van der Waals surface area contributed by atoms with Crippen LogP contribution in [0.5, 0.6) is 0 Å². The van der Waals surface area contributed by atoms with E-state index in [9.17, 15) is 4.79 Å². The number of aryl methyl sites for hydroxylation is 2. The van der Waals surface area contributed by atoms with Crippen LogP contribution in [0.4, 0.5) is 0 Å². The molecule has 5 nitrogen and oxygen atoms in total. The Morgan fingerprint density at radius 3 is 2.36 bits per heavy atom. The number of aromatic nitrogens is 2. The van der Waals surface area contributed by atoms with Gasteiger partial charge >= 0.3 is 0 Å². The van der Waals surface area contributed by atoms with Gasteiger partial charge in [0.25, 0.3) is 0 Å².